The fourth-order valence-electron chi connectivity index (χ4n) is 2.25. The summed E-state index contributed by atoms with van der Waals surface area (Å²) in [5.74, 6) is -1.00. The summed E-state index contributed by atoms with van der Waals surface area (Å²) in [7, 11) is 1.19. The fourth-order valence-corrected chi connectivity index (χ4v) is 2.25. The molecule has 1 N–H and O–H groups in total. The first-order chi connectivity index (χ1) is 12.1. The number of anilines is 1. The highest BCUT2D eigenvalue weighted by Crippen LogP contribution is 2.22. The lowest BCUT2D eigenvalue weighted by Crippen LogP contribution is -2.06. The normalized spacial score (nSPS) is 10.5. The van der Waals surface area contributed by atoms with Gasteiger partial charge in [0.25, 0.3) is 0 Å². The molecule has 25 heavy (non-hydrogen) atoms. The molecule has 0 spiro atoms. The molecule has 0 bridgehead atoms. The van der Waals surface area contributed by atoms with Gasteiger partial charge in [-0.2, -0.15) is 0 Å². The van der Waals surface area contributed by atoms with E-state index >= 15 is 0 Å². The third-order valence-electron chi connectivity index (χ3n) is 3.48. The van der Waals surface area contributed by atoms with Crippen molar-refractivity contribution in [1.82, 2.24) is 4.98 Å². The topological polar surface area (TPSA) is 64.4 Å². The number of hydrogen-bond donors (Lipinski definition) is 1. The zero-order chi connectivity index (χ0) is 17.8. The maximum atomic E-state index is 13.9. The molecule has 0 fully saturated rings. The van der Waals surface area contributed by atoms with Gasteiger partial charge in [-0.1, -0.05) is 12.1 Å². The SMILES string of the molecule is COC(=O)c1ccc(NCc2ncc(-c3cccc(F)c3)o2)cc1F. The van der Waals surface area contributed by atoms with Crippen LogP contribution in [-0.4, -0.2) is 18.1 Å². The number of esters is 1. The van der Waals surface area contributed by atoms with E-state index in [2.05, 4.69) is 15.0 Å². The maximum absolute atomic E-state index is 13.9. The van der Waals surface area contributed by atoms with Crippen molar-refractivity contribution in [3.05, 3.63) is 71.8 Å². The molecule has 0 atom stereocenters. The molecule has 2 aromatic carbocycles. The Bertz CT molecular complexity index is 909. The summed E-state index contributed by atoms with van der Waals surface area (Å²) in [5, 5.41) is 2.94. The minimum Gasteiger partial charge on any atom is -0.465 e. The van der Waals surface area contributed by atoms with Gasteiger partial charge < -0.3 is 14.5 Å². The first-order valence-corrected chi connectivity index (χ1v) is 7.39. The van der Waals surface area contributed by atoms with E-state index in [-0.39, 0.29) is 17.9 Å². The minimum absolute atomic E-state index is 0.141. The smallest absolute Gasteiger partial charge is 0.340 e. The van der Waals surface area contributed by atoms with Crippen LogP contribution in [0.5, 0.6) is 0 Å². The Labute approximate surface area is 142 Å². The molecule has 0 aliphatic rings. The molecule has 0 saturated carbocycles. The summed E-state index contributed by atoms with van der Waals surface area (Å²) < 4.78 is 37.1. The van der Waals surface area contributed by atoms with E-state index in [1.165, 1.54) is 37.6 Å². The van der Waals surface area contributed by atoms with Gasteiger partial charge in [-0.05, 0) is 30.3 Å². The zero-order valence-electron chi connectivity index (χ0n) is 13.3. The number of ether oxygens (including phenoxy) is 1. The van der Waals surface area contributed by atoms with Crippen LogP contribution in [0.15, 0.2) is 53.1 Å². The Morgan fingerprint density at radius 1 is 1.24 bits per heavy atom. The fraction of sp³-hybridized carbons (Fsp3) is 0.111. The van der Waals surface area contributed by atoms with Crippen LogP contribution in [0.1, 0.15) is 16.2 Å². The van der Waals surface area contributed by atoms with Crippen molar-refractivity contribution in [2.24, 2.45) is 0 Å². The Morgan fingerprint density at radius 2 is 2.08 bits per heavy atom. The van der Waals surface area contributed by atoms with Gasteiger partial charge in [-0.3, -0.25) is 0 Å². The number of carbonyl (C=O) groups is 1. The van der Waals surface area contributed by atoms with Crippen LogP contribution in [0.4, 0.5) is 14.5 Å². The van der Waals surface area contributed by atoms with Crippen LogP contribution in [0.2, 0.25) is 0 Å². The van der Waals surface area contributed by atoms with Crippen LogP contribution < -0.4 is 5.32 Å². The summed E-state index contributed by atoms with van der Waals surface area (Å²) in [6.45, 7) is 0.201. The Morgan fingerprint density at radius 3 is 2.80 bits per heavy atom. The molecule has 128 valence electrons. The standard InChI is InChI=1S/C18H14F2N2O3/c1-24-18(23)14-6-5-13(8-15(14)20)21-10-17-22-9-16(25-17)11-3-2-4-12(19)7-11/h2-9,21H,10H2,1H3. The van der Waals surface area contributed by atoms with Crippen LogP contribution in [0.25, 0.3) is 11.3 Å². The predicted octanol–water partition coefficient (Wildman–Crippen LogP) is 4.02. The van der Waals surface area contributed by atoms with Crippen molar-refractivity contribution in [3.8, 4) is 11.3 Å². The van der Waals surface area contributed by atoms with E-state index < -0.39 is 11.8 Å². The number of oxazole rings is 1. The molecule has 0 amide bonds. The summed E-state index contributed by atoms with van der Waals surface area (Å²) in [6.07, 6.45) is 1.49. The van der Waals surface area contributed by atoms with E-state index in [9.17, 15) is 13.6 Å². The van der Waals surface area contributed by atoms with Crippen molar-refractivity contribution in [3.63, 3.8) is 0 Å². The third-order valence-corrected chi connectivity index (χ3v) is 3.48. The first-order valence-electron chi connectivity index (χ1n) is 7.39. The average Bonchev–Trinajstić information content (AvgIpc) is 3.08. The second kappa shape index (κ2) is 7.12. The van der Waals surface area contributed by atoms with E-state index in [4.69, 9.17) is 4.42 Å². The lowest BCUT2D eigenvalue weighted by atomic mass is 10.2. The lowest BCUT2D eigenvalue weighted by Gasteiger charge is -2.06. The third kappa shape index (κ3) is 3.82. The largest absolute Gasteiger partial charge is 0.465 e. The van der Waals surface area contributed by atoms with Crippen molar-refractivity contribution < 1.29 is 22.7 Å². The van der Waals surface area contributed by atoms with Gasteiger partial charge in [-0.25, -0.2) is 18.6 Å². The number of aromatic nitrogens is 1. The van der Waals surface area contributed by atoms with Gasteiger partial charge in [0, 0.05) is 11.3 Å². The molecule has 7 heteroatoms. The molecule has 1 aromatic heterocycles. The van der Waals surface area contributed by atoms with Gasteiger partial charge in [0.05, 0.1) is 25.4 Å². The van der Waals surface area contributed by atoms with Crippen LogP contribution in [0.3, 0.4) is 0 Å². The van der Waals surface area contributed by atoms with Crippen LogP contribution >= 0.6 is 0 Å². The molecule has 1 heterocycles. The highest BCUT2D eigenvalue weighted by atomic mass is 19.1. The second-order valence-corrected chi connectivity index (χ2v) is 5.17. The number of halogens is 2. The molecular formula is C18H14F2N2O3. The highest BCUT2D eigenvalue weighted by Gasteiger charge is 2.13. The van der Waals surface area contributed by atoms with E-state index in [0.717, 1.165) is 0 Å². The van der Waals surface area contributed by atoms with Crippen LogP contribution in [-0.2, 0) is 11.3 Å². The quantitative estimate of drug-likeness (QED) is 0.708. The Kier molecular flexibility index (Phi) is 4.74. The Hall–Kier alpha value is -3.22. The molecule has 0 radical (unpaired) electrons. The lowest BCUT2D eigenvalue weighted by molar-refractivity contribution is 0.0595. The van der Waals surface area contributed by atoms with Crippen molar-refractivity contribution in [2.75, 3.05) is 12.4 Å². The number of nitrogens with zero attached hydrogens (tertiary/aromatic N) is 1. The molecule has 3 rings (SSSR count). The summed E-state index contributed by atoms with van der Waals surface area (Å²) in [5.41, 5.74) is 0.889. The Balaban J connectivity index is 1.68. The molecule has 0 aliphatic carbocycles. The summed E-state index contributed by atoms with van der Waals surface area (Å²) >= 11 is 0. The maximum Gasteiger partial charge on any atom is 0.340 e. The monoisotopic (exact) mass is 344 g/mol. The number of carbonyl (C=O) groups excluding carboxylic acids is 1. The molecule has 3 aromatic rings. The van der Waals surface area contributed by atoms with Crippen molar-refractivity contribution in [1.29, 1.82) is 0 Å². The average molecular weight is 344 g/mol. The van der Waals surface area contributed by atoms with Gasteiger partial charge >= 0.3 is 5.97 Å². The van der Waals surface area contributed by atoms with E-state index in [1.807, 2.05) is 0 Å². The highest BCUT2D eigenvalue weighted by molar-refractivity contribution is 5.90. The van der Waals surface area contributed by atoms with Gasteiger partial charge in [-0.15, -0.1) is 0 Å². The van der Waals surface area contributed by atoms with Crippen LogP contribution in [0, 0.1) is 11.6 Å². The zero-order valence-corrected chi connectivity index (χ0v) is 13.3. The molecule has 5 nitrogen and oxygen atoms in total. The summed E-state index contributed by atoms with van der Waals surface area (Å²) in [4.78, 5) is 15.5. The first kappa shape index (κ1) is 16.6. The summed E-state index contributed by atoms with van der Waals surface area (Å²) in [6, 6.07) is 10.0. The van der Waals surface area contributed by atoms with Gasteiger partial charge in [0.15, 0.2) is 5.76 Å². The number of methoxy groups -OCH3 is 1. The molecule has 0 saturated heterocycles. The van der Waals surface area contributed by atoms with Crippen molar-refractivity contribution >= 4 is 11.7 Å². The van der Waals surface area contributed by atoms with Gasteiger partial charge in [0.1, 0.15) is 11.6 Å². The van der Waals surface area contributed by atoms with E-state index in [0.29, 0.717) is 22.9 Å². The molecule has 0 aliphatic heterocycles. The molecular weight excluding hydrogens is 330 g/mol. The minimum atomic E-state index is -0.739. The molecule has 0 unspecified atom stereocenters. The van der Waals surface area contributed by atoms with Gasteiger partial charge in [0.2, 0.25) is 5.89 Å². The number of benzene rings is 2. The predicted molar refractivity (Wildman–Crippen MR) is 87.0 cm³/mol. The number of hydrogen-bond acceptors (Lipinski definition) is 5. The second-order valence-electron chi connectivity index (χ2n) is 5.17. The van der Waals surface area contributed by atoms with E-state index in [1.54, 1.807) is 18.2 Å². The number of rotatable bonds is 5. The number of nitrogens with one attached hydrogen (secondary N) is 1. The van der Waals surface area contributed by atoms with Crippen molar-refractivity contribution in [2.45, 2.75) is 6.54 Å².